The zero-order chi connectivity index (χ0) is 11.8. The first-order chi connectivity index (χ1) is 8.29. The fraction of sp³-hybridized carbons (Fsp3) is 0.417. The predicted octanol–water partition coefficient (Wildman–Crippen LogP) is 0.738. The normalized spacial score (nSPS) is 22.1. The van der Waals surface area contributed by atoms with E-state index >= 15 is 0 Å². The van der Waals surface area contributed by atoms with Gasteiger partial charge in [0.1, 0.15) is 18.4 Å². The molecule has 1 fully saturated rings. The van der Waals surface area contributed by atoms with Crippen molar-refractivity contribution in [2.45, 2.75) is 6.04 Å². The van der Waals surface area contributed by atoms with Gasteiger partial charge in [-0.1, -0.05) is 0 Å². The average Bonchev–Trinajstić information content (AvgIpc) is 2.37. The number of nitrogens with zero attached hydrogens (tertiary/aromatic N) is 2. The fourth-order valence-electron chi connectivity index (χ4n) is 2.32. The molecule has 1 saturated heterocycles. The van der Waals surface area contributed by atoms with Crippen LogP contribution in [0.4, 0.5) is 11.4 Å². The molecule has 17 heavy (non-hydrogen) atoms. The van der Waals surface area contributed by atoms with Crippen molar-refractivity contribution in [3.8, 4) is 11.8 Å². The van der Waals surface area contributed by atoms with Gasteiger partial charge >= 0.3 is 0 Å². The molecule has 0 saturated carbocycles. The maximum absolute atomic E-state index is 9.00. The molecule has 0 radical (unpaired) electrons. The molecular weight excluding hydrogens is 218 g/mol. The lowest BCUT2D eigenvalue weighted by Gasteiger charge is -2.41. The van der Waals surface area contributed by atoms with E-state index in [2.05, 4.69) is 11.0 Å². The zero-order valence-corrected chi connectivity index (χ0v) is 9.35. The van der Waals surface area contributed by atoms with Gasteiger partial charge < -0.3 is 20.1 Å². The Bertz CT molecular complexity index is 495. The van der Waals surface area contributed by atoms with Crippen molar-refractivity contribution in [2.24, 2.45) is 0 Å². The fourth-order valence-corrected chi connectivity index (χ4v) is 2.32. The number of hydrogen-bond acceptors (Lipinski definition) is 5. The SMILES string of the molecule is N#Cc1cc2c(cc1N)OC[C@@H]1COCCN21. The Morgan fingerprint density at radius 3 is 3.12 bits per heavy atom. The quantitative estimate of drug-likeness (QED) is 0.667. The van der Waals surface area contributed by atoms with E-state index in [4.69, 9.17) is 20.5 Å². The molecule has 2 heterocycles. The molecule has 0 amide bonds. The van der Waals surface area contributed by atoms with Crippen LogP contribution in [0.15, 0.2) is 12.1 Å². The van der Waals surface area contributed by atoms with Crippen LogP contribution in [0.2, 0.25) is 0 Å². The Morgan fingerprint density at radius 1 is 1.41 bits per heavy atom. The average molecular weight is 231 g/mol. The van der Waals surface area contributed by atoms with E-state index < -0.39 is 0 Å². The number of anilines is 2. The van der Waals surface area contributed by atoms with E-state index in [0.29, 0.717) is 31.1 Å². The van der Waals surface area contributed by atoms with Crippen LogP contribution >= 0.6 is 0 Å². The molecule has 3 rings (SSSR count). The third-order valence-electron chi connectivity index (χ3n) is 3.22. The van der Waals surface area contributed by atoms with Crippen LogP contribution in [0.1, 0.15) is 5.56 Å². The number of fused-ring (bicyclic) bond motifs is 3. The second kappa shape index (κ2) is 3.82. The van der Waals surface area contributed by atoms with Crippen molar-refractivity contribution >= 4 is 11.4 Å². The van der Waals surface area contributed by atoms with Crippen molar-refractivity contribution in [3.63, 3.8) is 0 Å². The molecular formula is C12H13N3O2. The summed E-state index contributed by atoms with van der Waals surface area (Å²) in [5.74, 6) is 0.764. The molecule has 5 nitrogen and oxygen atoms in total. The molecule has 2 N–H and O–H groups in total. The molecule has 5 heteroatoms. The first-order valence-corrected chi connectivity index (χ1v) is 5.60. The highest BCUT2D eigenvalue weighted by atomic mass is 16.5. The van der Waals surface area contributed by atoms with E-state index in [9.17, 15) is 0 Å². The van der Waals surface area contributed by atoms with E-state index in [1.807, 2.05) is 6.07 Å². The molecule has 0 aliphatic carbocycles. The summed E-state index contributed by atoms with van der Waals surface area (Å²) in [5.41, 5.74) is 7.70. The van der Waals surface area contributed by atoms with Crippen LogP contribution in [-0.2, 0) is 4.74 Å². The number of rotatable bonds is 0. The van der Waals surface area contributed by atoms with Crippen LogP contribution in [0.25, 0.3) is 0 Å². The highest BCUT2D eigenvalue weighted by Crippen LogP contribution is 2.37. The summed E-state index contributed by atoms with van der Waals surface area (Å²) in [6.07, 6.45) is 0. The first-order valence-electron chi connectivity index (χ1n) is 5.60. The summed E-state index contributed by atoms with van der Waals surface area (Å²) in [5, 5.41) is 9.00. The topological polar surface area (TPSA) is 71.5 Å². The maximum Gasteiger partial charge on any atom is 0.144 e. The summed E-state index contributed by atoms with van der Waals surface area (Å²) >= 11 is 0. The Kier molecular flexibility index (Phi) is 2.30. The first kappa shape index (κ1) is 10.2. The molecule has 1 aromatic rings. The molecule has 0 bridgehead atoms. The number of ether oxygens (including phenoxy) is 2. The van der Waals surface area contributed by atoms with E-state index in [-0.39, 0.29) is 6.04 Å². The highest BCUT2D eigenvalue weighted by molar-refractivity contribution is 5.71. The summed E-state index contributed by atoms with van der Waals surface area (Å²) in [7, 11) is 0. The lowest BCUT2D eigenvalue weighted by molar-refractivity contribution is 0.0705. The largest absolute Gasteiger partial charge is 0.489 e. The molecule has 1 atom stereocenters. The van der Waals surface area contributed by atoms with Gasteiger partial charge in [0.2, 0.25) is 0 Å². The number of morpholine rings is 1. The van der Waals surface area contributed by atoms with Gasteiger partial charge in [0.25, 0.3) is 0 Å². The lowest BCUT2D eigenvalue weighted by Crippen LogP contribution is -2.51. The smallest absolute Gasteiger partial charge is 0.144 e. The summed E-state index contributed by atoms with van der Waals surface area (Å²) in [6, 6.07) is 5.89. The third kappa shape index (κ3) is 1.58. The Hall–Kier alpha value is -1.93. The van der Waals surface area contributed by atoms with E-state index in [0.717, 1.165) is 18.0 Å². The molecule has 1 aromatic carbocycles. The molecule has 0 unspecified atom stereocenters. The van der Waals surface area contributed by atoms with E-state index in [1.54, 1.807) is 6.07 Å². The van der Waals surface area contributed by atoms with Gasteiger partial charge in [-0.15, -0.1) is 0 Å². The van der Waals surface area contributed by atoms with Crippen molar-refractivity contribution < 1.29 is 9.47 Å². The molecule has 88 valence electrons. The van der Waals surface area contributed by atoms with Crippen LogP contribution in [0, 0.1) is 11.3 Å². The monoisotopic (exact) mass is 231 g/mol. The van der Waals surface area contributed by atoms with Gasteiger partial charge in [0.15, 0.2) is 0 Å². The minimum Gasteiger partial charge on any atom is -0.489 e. The summed E-state index contributed by atoms with van der Waals surface area (Å²) in [4.78, 5) is 2.24. The van der Waals surface area contributed by atoms with Crippen molar-refractivity contribution in [3.05, 3.63) is 17.7 Å². The Labute approximate surface area is 99.3 Å². The van der Waals surface area contributed by atoms with Crippen LogP contribution < -0.4 is 15.4 Å². The molecule has 0 spiro atoms. The van der Waals surface area contributed by atoms with Crippen LogP contribution in [0.5, 0.6) is 5.75 Å². The number of hydrogen-bond donors (Lipinski definition) is 1. The van der Waals surface area contributed by atoms with Gasteiger partial charge in [-0.05, 0) is 6.07 Å². The zero-order valence-electron chi connectivity index (χ0n) is 9.35. The van der Waals surface area contributed by atoms with E-state index in [1.165, 1.54) is 0 Å². The van der Waals surface area contributed by atoms with Gasteiger partial charge in [0.05, 0.1) is 36.2 Å². The summed E-state index contributed by atoms with van der Waals surface area (Å²) < 4.78 is 11.1. The van der Waals surface area contributed by atoms with Crippen molar-refractivity contribution in [1.29, 1.82) is 5.26 Å². The maximum atomic E-state index is 9.00. The van der Waals surface area contributed by atoms with Gasteiger partial charge in [-0.3, -0.25) is 0 Å². The standard InChI is InChI=1S/C12H13N3O2/c13-5-8-3-11-12(4-10(8)14)17-7-9-6-16-2-1-15(9)11/h3-4,9H,1-2,6-7,14H2/t9-/m0/s1. The Balaban J connectivity index is 2.06. The minimum atomic E-state index is 0.242. The second-order valence-corrected chi connectivity index (χ2v) is 4.25. The second-order valence-electron chi connectivity index (χ2n) is 4.25. The molecule has 0 aromatic heterocycles. The predicted molar refractivity (Wildman–Crippen MR) is 63.0 cm³/mol. The van der Waals surface area contributed by atoms with Crippen molar-refractivity contribution in [2.75, 3.05) is 37.0 Å². The van der Waals surface area contributed by atoms with Gasteiger partial charge in [0, 0.05) is 12.6 Å². The van der Waals surface area contributed by atoms with Gasteiger partial charge in [-0.25, -0.2) is 0 Å². The third-order valence-corrected chi connectivity index (χ3v) is 3.22. The number of nitrogen functional groups attached to an aromatic ring is 1. The number of nitrogens with two attached hydrogens (primary N) is 1. The molecule has 2 aliphatic rings. The van der Waals surface area contributed by atoms with Crippen LogP contribution in [0.3, 0.4) is 0 Å². The molecule has 2 aliphatic heterocycles. The summed E-state index contributed by atoms with van der Waals surface area (Å²) in [6.45, 7) is 2.82. The highest BCUT2D eigenvalue weighted by Gasteiger charge is 2.30. The van der Waals surface area contributed by atoms with Crippen LogP contribution in [-0.4, -0.2) is 32.4 Å². The minimum absolute atomic E-state index is 0.242. The number of benzene rings is 1. The van der Waals surface area contributed by atoms with Gasteiger partial charge in [-0.2, -0.15) is 5.26 Å². The number of nitriles is 1. The lowest BCUT2D eigenvalue weighted by atomic mass is 10.1. The van der Waals surface area contributed by atoms with Crippen molar-refractivity contribution in [1.82, 2.24) is 0 Å². The Morgan fingerprint density at radius 2 is 2.29 bits per heavy atom.